The molecule has 0 fully saturated rings. The minimum atomic E-state index is -0.0879. The van der Waals surface area contributed by atoms with Crippen LogP contribution in [0, 0.1) is 13.8 Å². The number of benzene rings is 2. The Morgan fingerprint density at radius 1 is 1.06 bits per heavy atom. The van der Waals surface area contributed by atoms with Gasteiger partial charge < -0.3 is 5.32 Å². The van der Waals surface area contributed by atoms with E-state index >= 15 is 0 Å². The molecule has 6 nitrogen and oxygen atoms in total. The quantitative estimate of drug-likeness (QED) is 0.510. The summed E-state index contributed by atoms with van der Waals surface area (Å²) in [6.45, 7) is 4.74. The molecule has 1 aliphatic carbocycles. The zero-order valence-corrected chi connectivity index (χ0v) is 18.5. The van der Waals surface area contributed by atoms with Crippen molar-refractivity contribution in [1.82, 2.24) is 24.9 Å². The molecule has 2 aromatic heterocycles. The van der Waals surface area contributed by atoms with Crippen molar-refractivity contribution in [2.75, 3.05) is 0 Å². The van der Waals surface area contributed by atoms with Crippen LogP contribution in [-0.2, 0) is 13.0 Å². The van der Waals surface area contributed by atoms with Crippen LogP contribution >= 0.6 is 0 Å². The standard InChI is InChI=1S/C26H27N5O/c1-18-8-6-11-21(14-18)31-19(2)22(15-28-31)26(32)29-24-12-7-13-25-23(24)16-27-30(25)17-20-9-4-3-5-10-20/h3-6,8-11,14-16,24H,7,12-13,17H2,1-2H3,(H,29,32). The van der Waals surface area contributed by atoms with E-state index in [0.717, 1.165) is 48.3 Å². The van der Waals surface area contributed by atoms with Crippen LogP contribution in [0.2, 0.25) is 0 Å². The molecule has 1 amide bonds. The maximum absolute atomic E-state index is 13.2. The number of rotatable bonds is 5. The van der Waals surface area contributed by atoms with Gasteiger partial charge in [0.25, 0.3) is 5.91 Å². The molecule has 0 aliphatic heterocycles. The number of nitrogens with one attached hydrogen (secondary N) is 1. The first-order chi connectivity index (χ1) is 15.6. The summed E-state index contributed by atoms with van der Waals surface area (Å²) in [6.07, 6.45) is 6.51. The van der Waals surface area contributed by atoms with Crippen molar-refractivity contribution in [3.8, 4) is 5.69 Å². The lowest BCUT2D eigenvalue weighted by atomic mass is 9.92. The van der Waals surface area contributed by atoms with E-state index in [9.17, 15) is 4.79 Å². The topological polar surface area (TPSA) is 64.7 Å². The van der Waals surface area contributed by atoms with E-state index in [1.54, 1.807) is 6.20 Å². The van der Waals surface area contributed by atoms with Crippen molar-refractivity contribution in [3.05, 3.63) is 101 Å². The minimum absolute atomic E-state index is 0.0301. The molecule has 32 heavy (non-hydrogen) atoms. The molecule has 0 saturated heterocycles. The average molecular weight is 426 g/mol. The van der Waals surface area contributed by atoms with Crippen molar-refractivity contribution in [3.63, 3.8) is 0 Å². The Balaban J connectivity index is 1.35. The number of carbonyl (C=O) groups excluding carboxylic acids is 1. The summed E-state index contributed by atoms with van der Waals surface area (Å²) in [5, 5.41) is 12.4. The third-order valence-corrected chi connectivity index (χ3v) is 6.24. The number of aryl methyl sites for hydroxylation is 1. The fourth-order valence-electron chi connectivity index (χ4n) is 4.55. The van der Waals surface area contributed by atoms with Gasteiger partial charge in [0.1, 0.15) is 0 Å². The number of amides is 1. The summed E-state index contributed by atoms with van der Waals surface area (Å²) >= 11 is 0. The Bertz CT molecular complexity index is 1250. The van der Waals surface area contributed by atoms with Gasteiger partial charge in [-0.15, -0.1) is 0 Å². The van der Waals surface area contributed by atoms with Crippen LogP contribution in [0.15, 0.2) is 67.0 Å². The second-order valence-corrected chi connectivity index (χ2v) is 8.50. The van der Waals surface area contributed by atoms with Crippen molar-refractivity contribution < 1.29 is 4.79 Å². The minimum Gasteiger partial charge on any atom is -0.345 e. The van der Waals surface area contributed by atoms with Gasteiger partial charge in [0.2, 0.25) is 0 Å². The molecule has 0 saturated carbocycles. The molecule has 1 unspecified atom stereocenters. The number of carbonyl (C=O) groups is 1. The Morgan fingerprint density at radius 2 is 1.91 bits per heavy atom. The summed E-state index contributed by atoms with van der Waals surface area (Å²) in [6, 6.07) is 18.4. The van der Waals surface area contributed by atoms with E-state index in [1.165, 1.54) is 11.3 Å². The van der Waals surface area contributed by atoms with E-state index in [1.807, 2.05) is 48.1 Å². The molecule has 6 heteroatoms. The smallest absolute Gasteiger partial charge is 0.255 e. The highest BCUT2D eigenvalue weighted by Gasteiger charge is 2.27. The second-order valence-electron chi connectivity index (χ2n) is 8.50. The SMILES string of the molecule is Cc1cccc(-n2ncc(C(=O)NC3CCCc4c3cnn4Cc3ccccc3)c2C)c1. The average Bonchev–Trinajstić information content (AvgIpc) is 3.39. The van der Waals surface area contributed by atoms with Gasteiger partial charge in [-0.2, -0.15) is 10.2 Å². The lowest BCUT2D eigenvalue weighted by molar-refractivity contribution is 0.0932. The fraction of sp³-hybridized carbons (Fsp3) is 0.269. The number of aromatic nitrogens is 4. The van der Waals surface area contributed by atoms with Crippen molar-refractivity contribution >= 4 is 5.91 Å². The number of hydrogen-bond donors (Lipinski definition) is 1. The van der Waals surface area contributed by atoms with Gasteiger partial charge in [0.05, 0.1) is 41.9 Å². The summed E-state index contributed by atoms with van der Waals surface area (Å²) in [7, 11) is 0. The summed E-state index contributed by atoms with van der Waals surface area (Å²) in [5.74, 6) is -0.0879. The maximum atomic E-state index is 13.2. The fourth-order valence-corrected chi connectivity index (χ4v) is 4.55. The molecule has 4 aromatic rings. The summed E-state index contributed by atoms with van der Waals surface area (Å²) in [4.78, 5) is 13.2. The van der Waals surface area contributed by atoms with Gasteiger partial charge in [-0.25, -0.2) is 4.68 Å². The monoisotopic (exact) mass is 425 g/mol. The van der Waals surface area contributed by atoms with Gasteiger partial charge >= 0.3 is 0 Å². The highest BCUT2D eigenvalue weighted by atomic mass is 16.1. The molecule has 1 aliphatic rings. The first kappa shape index (κ1) is 20.2. The third kappa shape index (κ3) is 3.84. The lowest BCUT2D eigenvalue weighted by Crippen LogP contribution is -2.31. The van der Waals surface area contributed by atoms with Crippen LogP contribution in [0.5, 0.6) is 0 Å². The van der Waals surface area contributed by atoms with Gasteiger partial charge in [0.15, 0.2) is 0 Å². The van der Waals surface area contributed by atoms with Crippen LogP contribution in [0.25, 0.3) is 5.69 Å². The number of fused-ring (bicyclic) bond motifs is 1. The van der Waals surface area contributed by atoms with Crippen LogP contribution in [-0.4, -0.2) is 25.5 Å². The zero-order valence-electron chi connectivity index (χ0n) is 18.5. The van der Waals surface area contributed by atoms with E-state index in [4.69, 9.17) is 0 Å². The molecule has 5 rings (SSSR count). The summed E-state index contributed by atoms with van der Waals surface area (Å²) in [5.41, 5.74) is 7.14. The van der Waals surface area contributed by atoms with Gasteiger partial charge in [-0.1, -0.05) is 42.5 Å². The Kier molecular flexibility index (Phi) is 5.35. The third-order valence-electron chi connectivity index (χ3n) is 6.24. The molecule has 0 radical (unpaired) electrons. The largest absolute Gasteiger partial charge is 0.345 e. The van der Waals surface area contributed by atoms with Crippen LogP contribution in [0.4, 0.5) is 0 Å². The predicted molar refractivity (Wildman–Crippen MR) is 124 cm³/mol. The van der Waals surface area contributed by atoms with Crippen LogP contribution in [0.3, 0.4) is 0 Å². The molecular weight excluding hydrogens is 398 g/mol. The normalized spacial score (nSPS) is 15.4. The van der Waals surface area contributed by atoms with Crippen molar-refractivity contribution in [2.45, 2.75) is 45.7 Å². The predicted octanol–water partition coefficient (Wildman–Crippen LogP) is 4.54. The van der Waals surface area contributed by atoms with Gasteiger partial charge in [-0.3, -0.25) is 9.48 Å². The zero-order chi connectivity index (χ0) is 22.1. The lowest BCUT2D eigenvalue weighted by Gasteiger charge is -2.24. The molecule has 2 aromatic carbocycles. The molecule has 2 heterocycles. The summed E-state index contributed by atoms with van der Waals surface area (Å²) < 4.78 is 3.90. The molecule has 0 bridgehead atoms. The second kappa shape index (κ2) is 8.46. The van der Waals surface area contributed by atoms with E-state index in [-0.39, 0.29) is 11.9 Å². The number of hydrogen-bond acceptors (Lipinski definition) is 3. The van der Waals surface area contributed by atoms with Crippen molar-refractivity contribution in [1.29, 1.82) is 0 Å². The van der Waals surface area contributed by atoms with Crippen LogP contribution < -0.4 is 5.32 Å². The Labute approximate surface area is 187 Å². The highest BCUT2D eigenvalue weighted by molar-refractivity contribution is 5.95. The van der Waals surface area contributed by atoms with E-state index in [2.05, 4.69) is 51.4 Å². The first-order valence-electron chi connectivity index (χ1n) is 11.1. The van der Waals surface area contributed by atoms with E-state index in [0.29, 0.717) is 5.56 Å². The first-order valence-corrected chi connectivity index (χ1v) is 11.1. The van der Waals surface area contributed by atoms with Crippen molar-refractivity contribution in [2.24, 2.45) is 0 Å². The molecule has 162 valence electrons. The van der Waals surface area contributed by atoms with Gasteiger partial charge in [-0.05, 0) is 56.4 Å². The molecule has 0 spiro atoms. The highest BCUT2D eigenvalue weighted by Crippen LogP contribution is 2.30. The number of nitrogens with zero attached hydrogens (tertiary/aromatic N) is 4. The maximum Gasteiger partial charge on any atom is 0.255 e. The Hall–Kier alpha value is -3.67. The molecular formula is C26H27N5O. The van der Waals surface area contributed by atoms with Crippen LogP contribution in [0.1, 0.15) is 57.3 Å². The molecule has 1 N–H and O–H groups in total. The Morgan fingerprint density at radius 3 is 2.72 bits per heavy atom. The molecule has 1 atom stereocenters. The van der Waals surface area contributed by atoms with Gasteiger partial charge in [0, 0.05) is 11.3 Å². The van der Waals surface area contributed by atoms with E-state index < -0.39 is 0 Å².